The normalized spacial score (nSPS) is 32.9. The van der Waals surface area contributed by atoms with E-state index in [0.717, 1.165) is 13.1 Å². The average Bonchev–Trinajstić information content (AvgIpc) is 2.86. The first kappa shape index (κ1) is 11.9. The molecule has 1 heterocycles. The van der Waals surface area contributed by atoms with Gasteiger partial charge in [0.05, 0.1) is 5.92 Å². The number of nitrogens with one attached hydrogen (secondary N) is 2. The summed E-state index contributed by atoms with van der Waals surface area (Å²) < 4.78 is 0. The largest absolute Gasteiger partial charge is 0.353 e. The summed E-state index contributed by atoms with van der Waals surface area (Å²) in [5.41, 5.74) is 0. The molecule has 92 valence electrons. The van der Waals surface area contributed by atoms with Gasteiger partial charge < -0.3 is 10.6 Å². The van der Waals surface area contributed by atoms with Gasteiger partial charge in [-0.2, -0.15) is 0 Å². The van der Waals surface area contributed by atoms with Crippen LogP contribution in [0.1, 0.15) is 39.5 Å². The fourth-order valence-corrected chi connectivity index (χ4v) is 3.07. The Morgan fingerprint density at radius 1 is 1.31 bits per heavy atom. The van der Waals surface area contributed by atoms with Crippen molar-refractivity contribution in [3.05, 3.63) is 0 Å². The highest BCUT2D eigenvalue weighted by Gasteiger charge is 2.31. The van der Waals surface area contributed by atoms with E-state index in [0.29, 0.717) is 17.9 Å². The van der Waals surface area contributed by atoms with Crippen molar-refractivity contribution in [3.8, 4) is 0 Å². The Hall–Kier alpha value is -0.570. The van der Waals surface area contributed by atoms with Crippen LogP contribution in [-0.4, -0.2) is 25.0 Å². The number of carbonyl (C=O) groups is 1. The number of hydrogen-bond donors (Lipinski definition) is 2. The molecule has 16 heavy (non-hydrogen) atoms. The second kappa shape index (κ2) is 5.17. The Balaban J connectivity index is 1.81. The Labute approximate surface area is 98.4 Å². The zero-order chi connectivity index (χ0) is 11.5. The minimum Gasteiger partial charge on any atom is -0.353 e. The van der Waals surface area contributed by atoms with Crippen LogP contribution in [-0.2, 0) is 4.79 Å². The molecule has 2 rings (SSSR count). The van der Waals surface area contributed by atoms with Gasteiger partial charge in [-0.05, 0) is 38.1 Å². The second-order valence-electron chi connectivity index (χ2n) is 5.58. The highest BCUT2D eigenvalue weighted by molar-refractivity contribution is 5.79. The quantitative estimate of drug-likeness (QED) is 0.763. The number of carbonyl (C=O) groups excluding carboxylic acids is 1. The molecule has 3 nitrogen and oxygen atoms in total. The van der Waals surface area contributed by atoms with Crippen molar-refractivity contribution in [2.75, 3.05) is 13.1 Å². The molecule has 0 bridgehead atoms. The second-order valence-corrected chi connectivity index (χ2v) is 5.58. The molecule has 0 radical (unpaired) electrons. The molecule has 2 N–H and O–H groups in total. The van der Waals surface area contributed by atoms with E-state index in [1.54, 1.807) is 0 Å². The summed E-state index contributed by atoms with van der Waals surface area (Å²) in [4.78, 5) is 12.1. The SMILES string of the molecule is CC1CNCC1C(=O)N[C@H](C)C1CCCC1. The van der Waals surface area contributed by atoms with E-state index in [4.69, 9.17) is 0 Å². The van der Waals surface area contributed by atoms with Crippen LogP contribution in [0.2, 0.25) is 0 Å². The molecule has 0 aromatic rings. The zero-order valence-electron chi connectivity index (χ0n) is 10.5. The van der Waals surface area contributed by atoms with E-state index in [2.05, 4.69) is 24.5 Å². The first-order chi connectivity index (χ1) is 7.68. The van der Waals surface area contributed by atoms with Crippen LogP contribution < -0.4 is 10.6 Å². The van der Waals surface area contributed by atoms with Gasteiger partial charge in [-0.15, -0.1) is 0 Å². The molecule has 0 aromatic heterocycles. The summed E-state index contributed by atoms with van der Waals surface area (Å²) in [6.07, 6.45) is 5.26. The van der Waals surface area contributed by atoms with Crippen LogP contribution in [0.5, 0.6) is 0 Å². The molecule has 3 atom stereocenters. The molecular formula is C13H24N2O. The molecule has 3 heteroatoms. The van der Waals surface area contributed by atoms with Gasteiger partial charge in [0.15, 0.2) is 0 Å². The van der Waals surface area contributed by atoms with Gasteiger partial charge in [0.2, 0.25) is 5.91 Å². The van der Waals surface area contributed by atoms with Crippen molar-refractivity contribution in [1.82, 2.24) is 10.6 Å². The molecule has 1 aliphatic heterocycles. The third-order valence-electron chi connectivity index (χ3n) is 4.33. The predicted molar refractivity (Wildman–Crippen MR) is 65.1 cm³/mol. The van der Waals surface area contributed by atoms with E-state index in [1.165, 1.54) is 25.7 Å². The minimum absolute atomic E-state index is 0.184. The highest BCUT2D eigenvalue weighted by Crippen LogP contribution is 2.28. The smallest absolute Gasteiger partial charge is 0.224 e. The van der Waals surface area contributed by atoms with Crippen LogP contribution in [0, 0.1) is 17.8 Å². The maximum Gasteiger partial charge on any atom is 0.224 e. The molecular weight excluding hydrogens is 200 g/mol. The highest BCUT2D eigenvalue weighted by atomic mass is 16.2. The van der Waals surface area contributed by atoms with E-state index in [9.17, 15) is 4.79 Å². The fraction of sp³-hybridized carbons (Fsp3) is 0.923. The molecule has 2 fully saturated rings. The summed E-state index contributed by atoms with van der Waals surface area (Å²) in [7, 11) is 0. The summed E-state index contributed by atoms with van der Waals surface area (Å²) in [6, 6.07) is 0.364. The zero-order valence-corrected chi connectivity index (χ0v) is 10.5. The third-order valence-corrected chi connectivity index (χ3v) is 4.33. The van der Waals surface area contributed by atoms with E-state index in [1.807, 2.05) is 0 Å². The van der Waals surface area contributed by atoms with Gasteiger partial charge in [0, 0.05) is 12.6 Å². The molecule has 1 saturated carbocycles. The van der Waals surface area contributed by atoms with Gasteiger partial charge in [0.25, 0.3) is 0 Å². The van der Waals surface area contributed by atoms with Gasteiger partial charge in [0.1, 0.15) is 0 Å². The predicted octanol–water partition coefficient (Wildman–Crippen LogP) is 1.54. The summed E-state index contributed by atoms with van der Waals surface area (Å²) >= 11 is 0. The maximum absolute atomic E-state index is 12.1. The Morgan fingerprint density at radius 3 is 2.56 bits per heavy atom. The molecule has 0 aromatic carbocycles. The molecule has 2 aliphatic rings. The lowest BCUT2D eigenvalue weighted by Gasteiger charge is -2.23. The van der Waals surface area contributed by atoms with Crippen molar-refractivity contribution in [1.29, 1.82) is 0 Å². The van der Waals surface area contributed by atoms with E-state index in [-0.39, 0.29) is 11.8 Å². The summed E-state index contributed by atoms with van der Waals surface area (Å²) in [5.74, 6) is 1.64. The lowest BCUT2D eigenvalue weighted by Crippen LogP contribution is -2.42. The van der Waals surface area contributed by atoms with Crippen molar-refractivity contribution >= 4 is 5.91 Å². The Bertz CT molecular complexity index is 248. The minimum atomic E-state index is 0.184. The number of rotatable bonds is 3. The van der Waals surface area contributed by atoms with Gasteiger partial charge in [-0.3, -0.25) is 4.79 Å². The lowest BCUT2D eigenvalue weighted by molar-refractivity contribution is -0.126. The number of hydrogen-bond acceptors (Lipinski definition) is 2. The fourth-order valence-electron chi connectivity index (χ4n) is 3.07. The molecule has 0 spiro atoms. The van der Waals surface area contributed by atoms with Crippen molar-refractivity contribution < 1.29 is 4.79 Å². The van der Waals surface area contributed by atoms with Gasteiger partial charge in [-0.25, -0.2) is 0 Å². The van der Waals surface area contributed by atoms with Crippen molar-refractivity contribution in [3.63, 3.8) is 0 Å². The lowest BCUT2D eigenvalue weighted by atomic mass is 9.95. The van der Waals surface area contributed by atoms with Crippen molar-refractivity contribution in [2.45, 2.75) is 45.6 Å². The first-order valence-corrected chi connectivity index (χ1v) is 6.69. The van der Waals surface area contributed by atoms with Crippen molar-refractivity contribution in [2.24, 2.45) is 17.8 Å². The summed E-state index contributed by atoms with van der Waals surface area (Å²) in [5, 5.41) is 6.50. The first-order valence-electron chi connectivity index (χ1n) is 6.69. The standard InChI is InChI=1S/C13H24N2O/c1-9-7-14-8-12(9)13(16)15-10(2)11-5-3-4-6-11/h9-12,14H,3-8H2,1-2H3,(H,15,16)/t9?,10-,12?/m1/s1. The van der Waals surface area contributed by atoms with Crippen LogP contribution in [0.15, 0.2) is 0 Å². The van der Waals surface area contributed by atoms with Crippen LogP contribution in [0.4, 0.5) is 0 Å². The van der Waals surface area contributed by atoms with Crippen LogP contribution >= 0.6 is 0 Å². The maximum atomic E-state index is 12.1. The third kappa shape index (κ3) is 2.57. The molecule has 1 saturated heterocycles. The van der Waals surface area contributed by atoms with Crippen LogP contribution in [0.25, 0.3) is 0 Å². The van der Waals surface area contributed by atoms with E-state index >= 15 is 0 Å². The molecule has 2 unspecified atom stereocenters. The molecule has 1 amide bonds. The monoisotopic (exact) mass is 224 g/mol. The van der Waals surface area contributed by atoms with E-state index < -0.39 is 0 Å². The average molecular weight is 224 g/mol. The summed E-state index contributed by atoms with van der Waals surface area (Å²) in [6.45, 7) is 6.16. The van der Waals surface area contributed by atoms with Gasteiger partial charge >= 0.3 is 0 Å². The van der Waals surface area contributed by atoms with Gasteiger partial charge in [-0.1, -0.05) is 19.8 Å². The number of amides is 1. The Morgan fingerprint density at radius 2 is 2.00 bits per heavy atom. The Kier molecular flexibility index (Phi) is 3.85. The topological polar surface area (TPSA) is 41.1 Å². The molecule has 1 aliphatic carbocycles. The van der Waals surface area contributed by atoms with Crippen LogP contribution in [0.3, 0.4) is 0 Å².